The third-order valence-electron chi connectivity index (χ3n) is 3.88. The van der Waals surface area contributed by atoms with E-state index < -0.39 is 21.7 Å². The van der Waals surface area contributed by atoms with E-state index in [2.05, 4.69) is 5.32 Å². The molecule has 1 aliphatic carbocycles. The van der Waals surface area contributed by atoms with E-state index in [9.17, 15) is 18.0 Å². The topological polar surface area (TPSA) is 89.5 Å². The van der Waals surface area contributed by atoms with Crippen molar-refractivity contribution in [1.82, 2.24) is 5.32 Å². The van der Waals surface area contributed by atoms with Gasteiger partial charge in [-0.2, -0.15) is 0 Å². The van der Waals surface area contributed by atoms with Crippen molar-refractivity contribution in [3.05, 3.63) is 21.4 Å². The van der Waals surface area contributed by atoms with E-state index in [0.717, 1.165) is 19.3 Å². The standard InChI is InChI=1S/C14H17NO5S2/c16-13(15-10-4-5-22(18,19)8-10)7-20-14(17)12-6-9-2-1-3-11(9)21-12/h6,10H,1-5,7-8H2,(H,15,16)/t10-/m1/s1. The SMILES string of the molecule is O=C(COC(=O)c1cc2c(s1)CCC2)N[C@@H]1CCS(=O)(=O)C1. The molecule has 0 bridgehead atoms. The highest BCUT2D eigenvalue weighted by Crippen LogP contribution is 2.30. The van der Waals surface area contributed by atoms with Crippen molar-refractivity contribution in [2.24, 2.45) is 0 Å². The molecule has 3 rings (SSSR count). The highest BCUT2D eigenvalue weighted by Gasteiger charge is 2.29. The summed E-state index contributed by atoms with van der Waals surface area (Å²) in [7, 11) is -3.03. The molecule has 1 aromatic heterocycles. The van der Waals surface area contributed by atoms with Crippen LogP contribution in [0.3, 0.4) is 0 Å². The van der Waals surface area contributed by atoms with Crippen LogP contribution in [0.2, 0.25) is 0 Å². The Kier molecular flexibility index (Phi) is 4.22. The third kappa shape index (κ3) is 3.49. The molecule has 0 saturated carbocycles. The first-order chi connectivity index (χ1) is 10.4. The van der Waals surface area contributed by atoms with Gasteiger partial charge in [0.1, 0.15) is 4.88 Å². The van der Waals surface area contributed by atoms with Crippen LogP contribution in [0.15, 0.2) is 6.07 Å². The molecule has 0 unspecified atom stereocenters. The molecule has 22 heavy (non-hydrogen) atoms. The summed E-state index contributed by atoms with van der Waals surface area (Å²) in [6.45, 7) is -0.377. The van der Waals surface area contributed by atoms with Gasteiger partial charge in [-0.3, -0.25) is 4.79 Å². The largest absolute Gasteiger partial charge is 0.451 e. The van der Waals surface area contributed by atoms with Crippen molar-refractivity contribution >= 4 is 33.1 Å². The van der Waals surface area contributed by atoms with Gasteiger partial charge in [0.05, 0.1) is 11.5 Å². The van der Waals surface area contributed by atoms with Crippen molar-refractivity contribution in [2.45, 2.75) is 31.7 Å². The molecular formula is C14H17NO5S2. The van der Waals surface area contributed by atoms with Crippen LogP contribution in [0.25, 0.3) is 0 Å². The van der Waals surface area contributed by atoms with Gasteiger partial charge in [0.15, 0.2) is 16.4 Å². The molecule has 1 fully saturated rings. The number of nitrogens with one attached hydrogen (secondary N) is 1. The summed E-state index contributed by atoms with van der Waals surface area (Å²) in [5.74, 6) is -0.892. The fourth-order valence-electron chi connectivity index (χ4n) is 2.81. The number of sulfone groups is 1. The van der Waals surface area contributed by atoms with Crippen molar-refractivity contribution in [3.63, 3.8) is 0 Å². The van der Waals surface area contributed by atoms with Crippen molar-refractivity contribution < 1.29 is 22.7 Å². The molecule has 1 atom stereocenters. The molecule has 1 aromatic rings. The Labute approximate surface area is 132 Å². The summed E-state index contributed by atoms with van der Waals surface area (Å²) in [4.78, 5) is 25.4. The predicted molar refractivity (Wildman–Crippen MR) is 81.8 cm³/mol. The third-order valence-corrected chi connectivity index (χ3v) is 6.86. The number of carbonyl (C=O) groups is 2. The Morgan fingerprint density at radius 3 is 2.86 bits per heavy atom. The molecule has 6 nitrogen and oxygen atoms in total. The molecule has 1 amide bonds. The summed E-state index contributed by atoms with van der Waals surface area (Å²) in [5, 5.41) is 2.59. The maximum Gasteiger partial charge on any atom is 0.348 e. The average molecular weight is 343 g/mol. The Balaban J connectivity index is 1.47. The fourth-order valence-corrected chi connectivity index (χ4v) is 5.63. The molecule has 120 valence electrons. The van der Waals surface area contributed by atoms with Crippen LogP contribution in [-0.4, -0.2) is 44.4 Å². The molecule has 1 N–H and O–H groups in total. The summed E-state index contributed by atoms with van der Waals surface area (Å²) in [6, 6.07) is 1.47. The molecule has 1 aliphatic heterocycles. The van der Waals surface area contributed by atoms with Gasteiger partial charge < -0.3 is 10.1 Å². The minimum Gasteiger partial charge on any atom is -0.451 e. The summed E-state index contributed by atoms with van der Waals surface area (Å²) in [6.07, 6.45) is 3.54. The number of rotatable bonds is 4. The van der Waals surface area contributed by atoms with E-state index in [1.165, 1.54) is 21.8 Å². The molecule has 0 radical (unpaired) electrons. The predicted octanol–water partition coefficient (Wildman–Crippen LogP) is 0.697. The monoisotopic (exact) mass is 343 g/mol. The number of fused-ring (bicyclic) bond motifs is 1. The van der Waals surface area contributed by atoms with Crippen LogP contribution in [0.1, 0.15) is 33.0 Å². The second-order valence-corrected chi connectivity index (χ2v) is 9.02. The first kappa shape index (κ1) is 15.5. The number of thiophene rings is 1. The lowest BCUT2D eigenvalue weighted by molar-refractivity contribution is -0.124. The van der Waals surface area contributed by atoms with Crippen molar-refractivity contribution in [3.8, 4) is 0 Å². The van der Waals surface area contributed by atoms with Crippen LogP contribution in [0.5, 0.6) is 0 Å². The number of hydrogen-bond donors (Lipinski definition) is 1. The van der Waals surface area contributed by atoms with E-state index in [-0.39, 0.29) is 24.2 Å². The first-order valence-corrected chi connectivity index (χ1v) is 9.85. The number of ether oxygens (including phenoxy) is 1. The number of amides is 1. The number of esters is 1. The maximum absolute atomic E-state index is 11.9. The number of aryl methyl sites for hydroxylation is 2. The Morgan fingerprint density at radius 2 is 2.18 bits per heavy atom. The molecular weight excluding hydrogens is 326 g/mol. The van der Waals surface area contributed by atoms with Gasteiger partial charge in [0.25, 0.3) is 5.91 Å². The van der Waals surface area contributed by atoms with Gasteiger partial charge in [-0.05, 0) is 37.3 Å². The minimum atomic E-state index is -3.03. The van der Waals surface area contributed by atoms with E-state index in [1.54, 1.807) is 0 Å². The number of hydrogen-bond acceptors (Lipinski definition) is 6. The Bertz CT molecular complexity index is 685. The maximum atomic E-state index is 11.9. The lowest BCUT2D eigenvalue weighted by Crippen LogP contribution is -2.38. The van der Waals surface area contributed by atoms with Crippen molar-refractivity contribution in [2.75, 3.05) is 18.1 Å². The quantitative estimate of drug-likeness (QED) is 0.813. The van der Waals surface area contributed by atoms with E-state index >= 15 is 0 Å². The molecule has 8 heteroatoms. The lowest BCUT2D eigenvalue weighted by Gasteiger charge is -2.10. The average Bonchev–Trinajstić information content (AvgIpc) is 3.10. The highest BCUT2D eigenvalue weighted by atomic mass is 32.2. The second-order valence-electron chi connectivity index (χ2n) is 5.66. The Morgan fingerprint density at radius 1 is 1.36 bits per heavy atom. The first-order valence-electron chi connectivity index (χ1n) is 7.21. The van der Waals surface area contributed by atoms with Crippen molar-refractivity contribution in [1.29, 1.82) is 0 Å². The highest BCUT2D eigenvalue weighted by molar-refractivity contribution is 7.91. The van der Waals surface area contributed by atoms with Crippen LogP contribution in [-0.2, 0) is 32.2 Å². The smallest absolute Gasteiger partial charge is 0.348 e. The van der Waals surface area contributed by atoms with Crippen LogP contribution in [0, 0.1) is 0 Å². The normalized spacial score (nSPS) is 22.3. The zero-order valence-electron chi connectivity index (χ0n) is 12.0. The van der Waals surface area contributed by atoms with E-state index in [1.807, 2.05) is 6.07 Å². The molecule has 2 heterocycles. The van der Waals surface area contributed by atoms with Gasteiger partial charge in [-0.1, -0.05) is 0 Å². The molecule has 0 spiro atoms. The number of carbonyl (C=O) groups excluding carboxylic acids is 2. The van der Waals surface area contributed by atoms with E-state index in [0.29, 0.717) is 11.3 Å². The van der Waals surface area contributed by atoms with Gasteiger partial charge >= 0.3 is 5.97 Å². The lowest BCUT2D eigenvalue weighted by atomic mass is 10.2. The fraction of sp³-hybridized carbons (Fsp3) is 0.571. The van der Waals surface area contributed by atoms with Crippen LogP contribution in [0.4, 0.5) is 0 Å². The molecule has 2 aliphatic rings. The molecule has 0 aromatic carbocycles. The zero-order chi connectivity index (χ0) is 15.7. The van der Waals surface area contributed by atoms with E-state index in [4.69, 9.17) is 4.74 Å². The van der Waals surface area contributed by atoms with Gasteiger partial charge in [0.2, 0.25) is 0 Å². The second kappa shape index (κ2) is 6.00. The Hall–Kier alpha value is -1.41. The zero-order valence-corrected chi connectivity index (χ0v) is 13.6. The molecule has 1 saturated heterocycles. The van der Waals surface area contributed by atoms with Crippen LogP contribution < -0.4 is 5.32 Å². The summed E-state index contributed by atoms with van der Waals surface area (Å²) >= 11 is 1.43. The van der Waals surface area contributed by atoms with Gasteiger partial charge in [-0.25, -0.2) is 13.2 Å². The summed E-state index contributed by atoms with van der Waals surface area (Å²) < 4.78 is 27.6. The van der Waals surface area contributed by atoms with Gasteiger partial charge in [0, 0.05) is 10.9 Å². The van der Waals surface area contributed by atoms with Crippen LogP contribution >= 0.6 is 11.3 Å². The summed E-state index contributed by atoms with van der Waals surface area (Å²) in [5.41, 5.74) is 1.21. The van der Waals surface area contributed by atoms with Gasteiger partial charge in [-0.15, -0.1) is 11.3 Å². The minimum absolute atomic E-state index is 0.0374.